The zero-order chi connectivity index (χ0) is 25.7. The van der Waals surface area contributed by atoms with Crippen molar-refractivity contribution < 1.29 is 19.1 Å². The predicted octanol–water partition coefficient (Wildman–Crippen LogP) is 5.48. The van der Waals surface area contributed by atoms with Gasteiger partial charge in [-0.25, -0.2) is 4.79 Å². The van der Waals surface area contributed by atoms with Gasteiger partial charge in [0.25, 0.3) is 0 Å². The molecule has 1 N–H and O–H groups in total. The number of para-hydroxylation sites is 1. The van der Waals surface area contributed by atoms with Gasteiger partial charge in [-0.05, 0) is 56.5 Å². The lowest BCUT2D eigenvalue weighted by molar-refractivity contribution is -0.148. The molecule has 2 amide bonds. The second kappa shape index (κ2) is 11.4. The highest BCUT2D eigenvalue weighted by atomic mass is 35.5. The van der Waals surface area contributed by atoms with E-state index in [1.165, 1.54) is 0 Å². The molecule has 0 unspecified atom stereocenters. The normalized spacial score (nSPS) is 13.9. The number of likely N-dealkylation sites (tertiary alicyclic amines) is 1. The minimum Gasteiger partial charge on any atom is -0.457 e. The molecular formula is C28H30ClN3O4. The Morgan fingerprint density at radius 1 is 1.00 bits per heavy atom. The maximum absolute atomic E-state index is 12.9. The van der Waals surface area contributed by atoms with Crippen LogP contribution in [0.15, 0.2) is 60.7 Å². The lowest BCUT2D eigenvalue weighted by atomic mass is 9.97. The summed E-state index contributed by atoms with van der Waals surface area (Å²) in [5, 5.41) is 3.54. The summed E-state index contributed by atoms with van der Waals surface area (Å²) in [6.45, 7) is 4.99. The van der Waals surface area contributed by atoms with Crippen molar-refractivity contribution in [1.82, 2.24) is 9.47 Å². The van der Waals surface area contributed by atoms with Crippen molar-refractivity contribution in [2.45, 2.75) is 33.2 Å². The number of urea groups is 1. The van der Waals surface area contributed by atoms with Crippen molar-refractivity contribution in [3.8, 4) is 0 Å². The molecule has 8 heteroatoms. The molecule has 2 aromatic carbocycles. The number of benzene rings is 2. The van der Waals surface area contributed by atoms with Crippen LogP contribution in [0.3, 0.4) is 0 Å². The number of aryl methyl sites for hydroxylation is 1. The first-order chi connectivity index (χ1) is 17.3. The molecule has 1 aliphatic heterocycles. The van der Waals surface area contributed by atoms with Gasteiger partial charge in [-0.1, -0.05) is 48.0 Å². The Morgan fingerprint density at radius 2 is 1.67 bits per heavy atom. The number of esters is 1. The number of halogens is 1. The highest BCUT2D eigenvalue weighted by Gasteiger charge is 2.29. The van der Waals surface area contributed by atoms with Crippen LogP contribution >= 0.6 is 11.6 Å². The Hall–Kier alpha value is -3.58. The third kappa shape index (κ3) is 5.97. The van der Waals surface area contributed by atoms with Gasteiger partial charge in [-0.2, -0.15) is 0 Å². The molecular weight excluding hydrogens is 478 g/mol. The second-order valence-electron chi connectivity index (χ2n) is 9.05. The molecule has 188 valence electrons. The summed E-state index contributed by atoms with van der Waals surface area (Å²) >= 11 is 6.31. The quantitative estimate of drug-likeness (QED) is 0.339. The molecule has 0 atom stereocenters. The number of carbonyl (C=O) groups excluding carboxylic acids is 3. The fourth-order valence-corrected chi connectivity index (χ4v) is 4.69. The Morgan fingerprint density at radius 3 is 2.36 bits per heavy atom. The first kappa shape index (κ1) is 25.5. The zero-order valence-electron chi connectivity index (χ0n) is 20.5. The lowest BCUT2D eigenvalue weighted by Crippen LogP contribution is -2.42. The van der Waals surface area contributed by atoms with Crippen molar-refractivity contribution >= 4 is 35.1 Å². The minimum absolute atomic E-state index is 0.185. The smallest absolute Gasteiger partial charge is 0.321 e. The molecule has 0 spiro atoms. The Balaban J connectivity index is 1.28. The highest BCUT2D eigenvalue weighted by molar-refractivity contribution is 6.31. The number of aromatic nitrogens is 1. The number of hydrogen-bond acceptors (Lipinski definition) is 4. The Bertz CT molecular complexity index is 1250. The number of nitrogens with zero attached hydrogens (tertiary/aromatic N) is 2. The van der Waals surface area contributed by atoms with E-state index in [9.17, 15) is 14.4 Å². The molecule has 36 heavy (non-hydrogen) atoms. The summed E-state index contributed by atoms with van der Waals surface area (Å²) in [7, 11) is 0. The van der Waals surface area contributed by atoms with Crippen LogP contribution in [0, 0.1) is 19.8 Å². The lowest BCUT2D eigenvalue weighted by Gasteiger charge is -2.30. The van der Waals surface area contributed by atoms with E-state index in [4.69, 9.17) is 16.3 Å². The maximum atomic E-state index is 12.9. The summed E-state index contributed by atoms with van der Waals surface area (Å²) in [5.41, 5.74) is 3.98. The van der Waals surface area contributed by atoms with E-state index in [-0.39, 0.29) is 24.3 Å². The predicted molar refractivity (Wildman–Crippen MR) is 140 cm³/mol. The van der Waals surface area contributed by atoms with E-state index in [0.717, 1.165) is 22.6 Å². The standard InChI is InChI=1S/C28H30ClN3O4/c1-19-16-24(20(2)32(19)17-22-8-6-7-11-25(22)29)26(33)18-36-27(34)21-12-14-31(15-13-21)28(35)30-23-9-4-3-5-10-23/h3-11,16,21H,12-15,17-18H2,1-2H3,(H,30,35). The number of ketones is 1. The van der Waals surface area contributed by atoms with Gasteiger partial charge in [0.15, 0.2) is 6.61 Å². The number of Topliss-reactive ketones (excluding diaryl/α,β-unsaturated/α-hetero) is 1. The monoisotopic (exact) mass is 507 g/mol. The number of carbonyl (C=O) groups is 3. The van der Waals surface area contributed by atoms with Gasteiger partial charge in [0.05, 0.1) is 5.92 Å². The van der Waals surface area contributed by atoms with E-state index < -0.39 is 5.97 Å². The summed E-state index contributed by atoms with van der Waals surface area (Å²) in [5.74, 6) is -0.955. The van der Waals surface area contributed by atoms with Gasteiger partial charge in [0, 0.05) is 47.3 Å². The van der Waals surface area contributed by atoms with Crippen molar-refractivity contribution in [2.75, 3.05) is 25.0 Å². The topological polar surface area (TPSA) is 80.6 Å². The SMILES string of the molecule is Cc1cc(C(=O)COC(=O)C2CCN(C(=O)Nc3ccccc3)CC2)c(C)n1Cc1ccccc1Cl. The van der Waals surface area contributed by atoms with E-state index in [1.54, 1.807) is 4.90 Å². The van der Waals surface area contributed by atoms with E-state index in [1.807, 2.05) is 79.1 Å². The van der Waals surface area contributed by atoms with Gasteiger partial charge >= 0.3 is 12.0 Å². The molecule has 2 heterocycles. The van der Waals surface area contributed by atoms with Gasteiger partial charge < -0.3 is 19.5 Å². The number of piperidine rings is 1. The van der Waals surface area contributed by atoms with Gasteiger partial charge in [0.2, 0.25) is 5.78 Å². The number of ether oxygens (including phenoxy) is 1. The molecule has 3 aromatic rings. The fourth-order valence-electron chi connectivity index (χ4n) is 4.50. The highest BCUT2D eigenvalue weighted by Crippen LogP contribution is 2.23. The molecule has 1 fully saturated rings. The van der Waals surface area contributed by atoms with Crippen LogP contribution in [0.1, 0.15) is 40.2 Å². The third-order valence-corrected chi connectivity index (χ3v) is 7.02. The Labute approximate surface area is 216 Å². The largest absolute Gasteiger partial charge is 0.457 e. The van der Waals surface area contributed by atoms with Crippen LogP contribution in [-0.4, -0.2) is 46.9 Å². The number of anilines is 1. The van der Waals surface area contributed by atoms with Crippen molar-refractivity contribution in [2.24, 2.45) is 5.92 Å². The molecule has 7 nitrogen and oxygen atoms in total. The van der Waals surface area contributed by atoms with Crippen LogP contribution in [0.25, 0.3) is 0 Å². The molecule has 4 rings (SSSR count). The number of nitrogens with one attached hydrogen (secondary N) is 1. The number of rotatable bonds is 7. The van der Waals surface area contributed by atoms with E-state index in [2.05, 4.69) is 5.32 Å². The average Bonchev–Trinajstić information content (AvgIpc) is 3.17. The minimum atomic E-state index is -0.392. The van der Waals surface area contributed by atoms with E-state index in [0.29, 0.717) is 43.1 Å². The third-order valence-electron chi connectivity index (χ3n) is 6.65. The number of hydrogen-bond donors (Lipinski definition) is 1. The van der Waals surface area contributed by atoms with Crippen LogP contribution in [-0.2, 0) is 16.1 Å². The van der Waals surface area contributed by atoms with Gasteiger partial charge in [-0.15, -0.1) is 0 Å². The van der Waals surface area contributed by atoms with Crippen molar-refractivity contribution in [1.29, 1.82) is 0 Å². The van der Waals surface area contributed by atoms with Crippen molar-refractivity contribution in [3.05, 3.63) is 88.2 Å². The first-order valence-corrected chi connectivity index (χ1v) is 12.4. The van der Waals surface area contributed by atoms with Crippen LogP contribution < -0.4 is 5.32 Å². The molecule has 0 radical (unpaired) electrons. The number of amides is 2. The van der Waals surface area contributed by atoms with E-state index >= 15 is 0 Å². The summed E-state index contributed by atoms with van der Waals surface area (Å²) in [6, 6.07) is 18.5. The molecule has 1 saturated heterocycles. The molecule has 1 aliphatic rings. The molecule has 0 bridgehead atoms. The molecule has 1 aromatic heterocycles. The van der Waals surface area contributed by atoms with Gasteiger partial charge in [-0.3, -0.25) is 9.59 Å². The summed E-state index contributed by atoms with van der Waals surface area (Å²) in [4.78, 5) is 39.6. The van der Waals surface area contributed by atoms with Crippen LogP contribution in [0.5, 0.6) is 0 Å². The zero-order valence-corrected chi connectivity index (χ0v) is 21.3. The first-order valence-electron chi connectivity index (χ1n) is 12.0. The summed E-state index contributed by atoms with van der Waals surface area (Å²) < 4.78 is 7.43. The van der Waals surface area contributed by atoms with Gasteiger partial charge in [0.1, 0.15) is 0 Å². The Kier molecular flexibility index (Phi) is 8.10. The van der Waals surface area contributed by atoms with Crippen LogP contribution in [0.2, 0.25) is 5.02 Å². The van der Waals surface area contributed by atoms with Crippen molar-refractivity contribution in [3.63, 3.8) is 0 Å². The fraction of sp³-hybridized carbons (Fsp3) is 0.321. The maximum Gasteiger partial charge on any atom is 0.321 e. The second-order valence-corrected chi connectivity index (χ2v) is 9.46. The van der Waals surface area contributed by atoms with Crippen LogP contribution in [0.4, 0.5) is 10.5 Å². The molecule has 0 saturated carbocycles. The molecule has 0 aliphatic carbocycles. The summed E-state index contributed by atoms with van der Waals surface area (Å²) in [6.07, 6.45) is 1.00. The average molecular weight is 508 g/mol.